The Balaban J connectivity index is 2.23. The molecule has 1 amide bonds. The van der Waals surface area contributed by atoms with Crippen molar-refractivity contribution < 1.29 is 4.79 Å². The summed E-state index contributed by atoms with van der Waals surface area (Å²) in [4.78, 5) is 14.6. The van der Waals surface area contributed by atoms with E-state index in [4.69, 9.17) is 23.2 Å². The third kappa shape index (κ3) is 2.30. The van der Waals surface area contributed by atoms with Gasteiger partial charge in [0, 0.05) is 0 Å². The Morgan fingerprint density at radius 1 is 1.41 bits per heavy atom. The highest BCUT2D eigenvalue weighted by molar-refractivity contribution is 6.41. The van der Waals surface area contributed by atoms with Gasteiger partial charge in [-0.1, -0.05) is 23.2 Å². The molecule has 0 spiro atoms. The van der Waals surface area contributed by atoms with Crippen LogP contribution in [0.4, 0.5) is 5.69 Å². The largest absolute Gasteiger partial charge is 0.340 e. The summed E-state index contributed by atoms with van der Waals surface area (Å²) in [6.07, 6.45) is 0. The first-order chi connectivity index (χ1) is 7.99. The van der Waals surface area contributed by atoms with Gasteiger partial charge in [-0.3, -0.25) is 9.89 Å². The molecule has 0 aliphatic carbocycles. The fraction of sp³-hybridized carbons (Fsp3) is 0.200. The average Bonchev–Trinajstić information content (AvgIpc) is 2.76. The van der Waals surface area contributed by atoms with Crippen molar-refractivity contribution in [1.29, 1.82) is 0 Å². The van der Waals surface area contributed by atoms with Crippen LogP contribution in [0.1, 0.15) is 21.9 Å². The third-order valence-corrected chi connectivity index (χ3v) is 3.03. The Morgan fingerprint density at radius 2 is 2.12 bits per heavy atom. The zero-order valence-corrected chi connectivity index (χ0v) is 10.7. The van der Waals surface area contributed by atoms with Gasteiger partial charge in [0.2, 0.25) is 0 Å². The molecule has 90 valence electrons. The standard InChI is InChI=1S/C10H10Cl2N4O/c1-4-8(5(2)16-15-4)14-10(17)7-3-6(11)9(12)13-7/h3,13H,1-2H3,(H,14,17)(H,15,16). The molecule has 0 saturated heterocycles. The summed E-state index contributed by atoms with van der Waals surface area (Å²) in [5.41, 5.74) is 2.48. The van der Waals surface area contributed by atoms with Crippen LogP contribution in [0.3, 0.4) is 0 Å². The smallest absolute Gasteiger partial charge is 0.272 e. The van der Waals surface area contributed by atoms with Crippen molar-refractivity contribution in [2.45, 2.75) is 13.8 Å². The molecule has 3 N–H and O–H groups in total. The van der Waals surface area contributed by atoms with E-state index in [1.807, 2.05) is 6.92 Å². The number of aromatic nitrogens is 3. The molecule has 0 radical (unpaired) electrons. The molecule has 0 saturated carbocycles. The number of aromatic amines is 2. The Hall–Kier alpha value is -1.46. The maximum absolute atomic E-state index is 11.9. The molecule has 0 bridgehead atoms. The first kappa shape index (κ1) is 12.0. The van der Waals surface area contributed by atoms with Crippen LogP contribution in [0, 0.1) is 13.8 Å². The topological polar surface area (TPSA) is 73.6 Å². The van der Waals surface area contributed by atoms with Crippen molar-refractivity contribution >= 4 is 34.8 Å². The molecule has 0 unspecified atom stereocenters. The number of nitrogens with one attached hydrogen (secondary N) is 3. The molecule has 5 nitrogen and oxygen atoms in total. The summed E-state index contributed by atoms with van der Waals surface area (Å²) in [6.45, 7) is 3.62. The van der Waals surface area contributed by atoms with Gasteiger partial charge < -0.3 is 10.3 Å². The highest BCUT2D eigenvalue weighted by Crippen LogP contribution is 2.23. The lowest BCUT2D eigenvalue weighted by molar-refractivity contribution is 0.102. The number of aryl methyl sites for hydroxylation is 2. The molecule has 0 aliphatic rings. The van der Waals surface area contributed by atoms with Gasteiger partial charge in [0.15, 0.2) is 0 Å². The second-order valence-electron chi connectivity index (χ2n) is 3.61. The minimum atomic E-state index is -0.314. The number of rotatable bonds is 2. The summed E-state index contributed by atoms with van der Waals surface area (Å²) in [6, 6.07) is 1.48. The first-order valence-corrected chi connectivity index (χ1v) is 5.61. The lowest BCUT2D eigenvalue weighted by atomic mass is 10.3. The zero-order valence-electron chi connectivity index (χ0n) is 9.19. The average molecular weight is 273 g/mol. The fourth-order valence-corrected chi connectivity index (χ4v) is 1.76. The molecule has 0 aromatic carbocycles. The second-order valence-corrected chi connectivity index (χ2v) is 4.39. The number of halogens is 2. The number of carbonyl (C=O) groups excluding carboxylic acids is 1. The summed E-state index contributed by atoms with van der Waals surface area (Å²) in [5, 5.41) is 10.1. The van der Waals surface area contributed by atoms with Crippen molar-refractivity contribution in [2.24, 2.45) is 0 Å². The van der Waals surface area contributed by atoms with Gasteiger partial charge in [0.25, 0.3) is 5.91 Å². The Kier molecular flexibility index (Phi) is 3.13. The Morgan fingerprint density at radius 3 is 2.59 bits per heavy atom. The fourth-order valence-electron chi connectivity index (χ4n) is 1.44. The lowest BCUT2D eigenvalue weighted by Crippen LogP contribution is -2.13. The van der Waals surface area contributed by atoms with Crippen LogP contribution in [-0.2, 0) is 0 Å². The number of carbonyl (C=O) groups is 1. The quantitative estimate of drug-likeness (QED) is 0.787. The number of nitrogens with zero attached hydrogens (tertiary/aromatic N) is 1. The van der Waals surface area contributed by atoms with Crippen molar-refractivity contribution in [3.8, 4) is 0 Å². The Bertz CT molecular complexity index is 534. The summed E-state index contributed by atoms with van der Waals surface area (Å²) < 4.78 is 0. The van der Waals surface area contributed by atoms with Gasteiger partial charge in [-0.25, -0.2) is 0 Å². The van der Waals surface area contributed by atoms with E-state index in [2.05, 4.69) is 20.5 Å². The number of anilines is 1. The summed E-state index contributed by atoms with van der Waals surface area (Å²) >= 11 is 11.5. The van der Waals surface area contributed by atoms with Gasteiger partial charge in [0.05, 0.1) is 22.1 Å². The molecule has 2 aromatic rings. The minimum Gasteiger partial charge on any atom is -0.340 e. The molecule has 2 aromatic heterocycles. The lowest BCUT2D eigenvalue weighted by Gasteiger charge is -2.03. The van der Waals surface area contributed by atoms with Gasteiger partial charge >= 0.3 is 0 Å². The SMILES string of the molecule is Cc1n[nH]c(C)c1NC(=O)c1cc(Cl)c(Cl)[nH]1. The van der Waals surface area contributed by atoms with E-state index < -0.39 is 0 Å². The number of amides is 1. The molecule has 17 heavy (non-hydrogen) atoms. The van der Waals surface area contributed by atoms with E-state index >= 15 is 0 Å². The molecule has 0 aliphatic heterocycles. The van der Waals surface area contributed by atoms with E-state index in [1.54, 1.807) is 6.92 Å². The molecular weight excluding hydrogens is 263 g/mol. The predicted molar refractivity (Wildman–Crippen MR) is 66.8 cm³/mol. The minimum absolute atomic E-state index is 0.248. The van der Waals surface area contributed by atoms with E-state index in [0.29, 0.717) is 16.4 Å². The zero-order chi connectivity index (χ0) is 12.6. The van der Waals surface area contributed by atoms with Gasteiger partial charge in [-0.05, 0) is 19.9 Å². The van der Waals surface area contributed by atoms with E-state index in [9.17, 15) is 4.79 Å². The highest BCUT2D eigenvalue weighted by atomic mass is 35.5. The monoisotopic (exact) mass is 272 g/mol. The van der Waals surface area contributed by atoms with Crippen molar-refractivity contribution in [3.63, 3.8) is 0 Å². The number of H-pyrrole nitrogens is 2. The highest BCUT2D eigenvalue weighted by Gasteiger charge is 2.15. The maximum atomic E-state index is 11.9. The van der Waals surface area contributed by atoms with Crippen LogP contribution in [0.5, 0.6) is 0 Å². The van der Waals surface area contributed by atoms with E-state index in [0.717, 1.165) is 11.4 Å². The summed E-state index contributed by atoms with van der Waals surface area (Å²) in [7, 11) is 0. The van der Waals surface area contributed by atoms with Crippen LogP contribution >= 0.6 is 23.2 Å². The van der Waals surface area contributed by atoms with Gasteiger partial charge in [0.1, 0.15) is 10.8 Å². The van der Waals surface area contributed by atoms with Crippen LogP contribution < -0.4 is 5.32 Å². The van der Waals surface area contributed by atoms with Crippen LogP contribution in [0.25, 0.3) is 0 Å². The first-order valence-electron chi connectivity index (χ1n) is 4.86. The van der Waals surface area contributed by atoms with Gasteiger partial charge in [-0.15, -0.1) is 0 Å². The van der Waals surface area contributed by atoms with Crippen LogP contribution in [0.2, 0.25) is 10.2 Å². The molecule has 0 fully saturated rings. The van der Waals surface area contributed by atoms with Crippen LogP contribution in [-0.4, -0.2) is 21.1 Å². The van der Waals surface area contributed by atoms with Gasteiger partial charge in [-0.2, -0.15) is 5.10 Å². The predicted octanol–water partition coefficient (Wildman–Crippen LogP) is 2.91. The van der Waals surface area contributed by atoms with E-state index in [-0.39, 0.29) is 11.1 Å². The summed E-state index contributed by atoms with van der Waals surface area (Å²) in [5.74, 6) is -0.314. The molecule has 0 atom stereocenters. The van der Waals surface area contributed by atoms with Crippen LogP contribution in [0.15, 0.2) is 6.07 Å². The van der Waals surface area contributed by atoms with Crippen molar-refractivity contribution in [2.75, 3.05) is 5.32 Å². The van der Waals surface area contributed by atoms with E-state index in [1.165, 1.54) is 6.07 Å². The molecular formula is C10H10Cl2N4O. The van der Waals surface area contributed by atoms with Crippen molar-refractivity contribution in [3.05, 3.63) is 33.3 Å². The molecule has 2 rings (SSSR count). The number of hydrogen-bond acceptors (Lipinski definition) is 2. The molecule has 7 heteroatoms. The third-order valence-electron chi connectivity index (χ3n) is 2.34. The Labute approximate surface area is 108 Å². The second kappa shape index (κ2) is 4.43. The molecule has 2 heterocycles. The maximum Gasteiger partial charge on any atom is 0.272 e. The van der Waals surface area contributed by atoms with Crippen molar-refractivity contribution in [1.82, 2.24) is 15.2 Å². The number of hydrogen-bond donors (Lipinski definition) is 3. The normalized spacial score (nSPS) is 10.6.